The Morgan fingerprint density at radius 2 is 2.17 bits per heavy atom. The van der Waals surface area contributed by atoms with Crippen molar-refractivity contribution in [1.29, 1.82) is 0 Å². The number of aryl methyl sites for hydroxylation is 1. The Bertz CT molecular complexity index is 587. The second-order valence-corrected chi connectivity index (χ2v) is 4.66. The maximum atomic E-state index is 11.6. The number of rotatable bonds is 3. The molecule has 2 aromatic rings. The van der Waals surface area contributed by atoms with E-state index in [0.29, 0.717) is 5.89 Å². The molecule has 0 unspecified atom stereocenters. The molecule has 0 atom stereocenters. The van der Waals surface area contributed by atoms with Gasteiger partial charge in [0.15, 0.2) is 11.5 Å². The summed E-state index contributed by atoms with van der Waals surface area (Å²) in [5, 5.41) is 3.11. The minimum absolute atomic E-state index is 0.320. The van der Waals surface area contributed by atoms with Crippen LogP contribution in [0.3, 0.4) is 0 Å². The van der Waals surface area contributed by atoms with Crippen molar-refractivity contribution in [2.75, 3.05) is 12.4 Å². The predicted molar refractivity (Wildman–Crippen MR) is 68.5 cm³/mol. The Balaban J connectivity index is 2.29. The maximum absolute atomic E-state index is 11.6. The lowest BCUT2D eigenvalue weighted by Gasteiger charge is -2.24. The largest absolute Gasteiger partial charge is 0.467 e. The summed E-state index contributed by atoms with van der Waals surface area (Å²) in [6.07, 6.45) is 0. The lowest BCUT2D eigenvalue weighted by atomic mass is 10.1. The van der Waals surface area contributed by atoms with Crippen molar-refractivity contribution in [2.24, 2.45) is 0 Å². The molecule has 0 saturated carbocycles. The van der Waals surface area contributed by atoms with Crippen LogP contribution in [0.1, 0.15) is 19.7 Å². The number of methoxy groups -OCH3 is 1. The van der Waals surface area contributed by atoms with Crippen molar-refractivity contribution < 1.29 is 13.9 Å². The van der Waals surface area contributed by atoms with Gasteiger partial charge in [0.1, 0.15) is 11.1 Å². The van der Waals surface area contributed by atoms with Gasteiger partial charge in [0.2, 0.25) is 0 Å². The van der Waals surface area contributed by atoms with E-state index in [1.54, 1.807) is 20.8 Å². The Hall–Kier alpha value is -2.04. The van der Waals surface area contributed by atoms with E-state index in [1.165, 1.54) is 7.11 Å². The minimum Gasteiger partial charge on any atom is -0.467 e. The Kier molecular flexibility index (Phi) is 2.98. The smallest absolute Gasteiger partial charge is 0.330 e. The molecular weight excluding hydrogens is 232 g/mol. The zero-order valence-electron chi connectivity index (χ0n) is 10.9. The van der Waals surface area contributed by atoms with Crippen molar-refractivity contribution in [2.45, 2.75) is 26.3 Å². The molecule has 1 aromatic heterocycles. The van der Waals surface area contributed by atoms with Gasteiger partial charge in [-0.3, -0.25) is 0 Å². The van der Waals surface area contributed by atoms with E-state index >= 15 is 0 Å². The number of fused-ring (bicyclic) bond motifs is 1. The van der Waals surface area contributed by atoms with E-state index in [2.05, 4.69) is 10.3 Å². The highest BCUT2D eigenvalue weighted by Gasteiger charge is 2.28. The second kappa shape index (κ2) is 4.33. The van der Waals surface area contributed by atoms with E-state index in [-0.39, 0.29) is 5.97 Å². The summed E-state index contributed by atoms with van der Waals surface area (Å²) >= 11 is 0. The highest BCUT2D eigenvalue weighted by molar-refractivity contribution is 5.85. The maximum Gasteiger partial charge on any atom is 0.330 e. The minimum atomic E-state index is -0.790. The van der Waals surface area contributed by atoms with Gasteiger partial charge in [0.25, 0.3) is 0 Å². The predicted octanol–water partition coefficient (Wildman–Crippen LogP) is 2.50. The first kappa shape index (κ1) is 12.4. The van der Waals surface area contributed by atoms with Crippen molar-refractivity contribution in [3.05, 3.63) is 24.1 Å². The van der Waals surface area contributed by atoms with Crippen LogP contribution in [0.25, 0.3) is 11.1 Å². The zero-order valence-corrected chi connectivity index (χ0v) is 10.9. The summed E-state index contributed by atoms with van der Waals surface area (Å²) in [4.78, 5) is 15.8. The third kappa shape index (κ3) is 2.30. The molecule has 0 amide bonds. The van der Waals surface area contributed by atoms with Gasteiger partial charge in [-0.15, -0.1) is 0 Å². The summed E-state index contributed by atoms with van der Waals surface area (Å²) in [7, 11) is 1.37. The number of carbonyl (C=O) groups is 1. The molecule has 5 nitrogen and oxygen atoms in total. The molecule has 0 radical (unpaired) electrons. The summed E-state index contributed by atoms with van der Waals surface area (Å²) < 4.78 is 10.1. The Labute approximate surface area is 105 Å². The van der Waals surface area contributed by atoms with Crippen LogP contribution < -0.4 is 5.32 Å². The number of ether oxygens (including phenoxy) is 1. The molecule has 2 rings (SSSR count). The van der Waals surface area contributed by atoms with Crippen LogP contribution in [0.15, 0.2) is 22.6 Å². The van der Waals surface area contributed by atoms with Gasteiger partial charge in [-0.1, -0.05) is 0 Å². The van der Waals surface area contributed by atoms with Crippen molar-refractivity contribution >= 4 is 22.8 Å². The van der Waals surface area contributed by atoms with Crippen molar-refractivity contribution in [3.8, 4) is 0 Å². The molecule has 1 aromatic carbocycles. The molecule has 0 aliphatic rings. The summed E-state index contributed by atoms with van der Waals surface area (Å²) in [6, 6.07) is 5.51. The van der Waals surface area contributed by atoms with Crippen LogP contribution in [-0.4, -0.2) is 23.6 Å². The van der Waals surface area contributed by atoms with Gasteiger partial charge in [0.05, 0.1) is 7.11 Å². The van der Waals surface area contributed by atoms with Crippen LogP contribution in [0.4, 0.5) is 5.69 Å². The molecule has 18 heavy (non-hydrogen) atoms. The molecule has 96 valence electrons. The summed E-state index contributed by atoms with van der Waals surface area (Å²) in [5.74, 6) is 0.299. The van der Waals surface area contributed by atoms with Crippen LogP contribution in [-0.2, 0) is 9.53 Å². The standard InChI is InChI=1S/C13H16N2O3/c1-8-14-10-7-9(5-6-11(10)18-8)15-13(2,3)12(16)17-4/h5-7,15H,1-4H3. The third-order valence-electron chi connectivity index (χ3n) is 2.65. The molecular formula is C13H16N2O3. The molecule has 0 bridgehead atoms. The first-order valence-corrected chi connectivity index (χ1v) is 5.66. The lowest BCUT2D eigenvalue weighted by molar-refractivity contribution is -0.144. The molecule has 0 aliphatic carbocycles. The van der Waals surface area contributed by atoms with E-state index in [9.17, 15) is 4.79 Å². The second-order valence-electron chi connectivity index (χ2n) is 4.66. The average molecular weight is 248 g/mol. The average Bonchev–Trinajstić information content (AvgIpc) is 2.66. The van der Waals surface area contributed by atoms with Crippen LogP contribution >= 0.6 is 0 Å². The SMILES string of the molecule is COC(=O)C(C)(C)Nc1ccc2oc(C)nc2c1. The molecule has 0 aliphatic heterocycles. The topological polar surface area (TPSA) is 64.4 Å². The Morgan fingerprint density at radius 1 is 1.44 bits per heavy atom. The number of benzene rings is 1. The number of carbonyl (C=O) groups excluding carboxylic acids is 1. The van der Waals surface area contributed by atoms with Gasteiger partial charge in [-0.05, 0) is 32.0 Å². The number of oxazole rings is 1. The highest BCUT2D eigenvalue weighted by Crippen LogP contribution is 2.22. The van der Waals surface area contributed by atoms with Crippen molar-refractivity contribution in [3.63, 3.8) is 0 Å². The number of nitrogens with one attached hydrogen (secondary N) is 1. The van der Waals surface area contributed by atoms with Crippen molar-refractivity contribution in [1.82, 2.24) is 4.98 Å². The lowest BCUT2D eigenvalue weighted by Crippen LogP contribution is -2.41. The van der Waals surface area contributed by atoms with Crippen LogP contribution in [0, 0.1) is 6.92 Å². The number of esters is 1. The quantitative estimate of drug-likeness (QED) is 0.845. The molecule has 5 heteroatoms. The van der Waals surface area contributed by atoms with Gasteiger partial charge in [-0.2, -0.15) is 0 Å². The molecule has 1 heterocycles. The fourth-order valence-corrected chi connectivity index (χ4v) is 1.79. The fourth-order valence-electron chi connectivity index (χ4n) is 1.79. The number of nitrogens with zero attached hydrogens (tertiary/aromatic N) is 1. The van der Waals surface area contributed by atoms with Gasteiger partial charge < -0.3 is 14.5 Å². The molecule has 0 spiro atoms. The fraction of sp³-hybridized carbons (Fsp3) is 0.385. The van der Waals surface area contributed by atoms with E-state index in [1.807, 2.05) is 18.2 Å². The van der Waals surface area contributed by atoms with E-state index in [0.717, 1.165) is 16.8 Å². The van der Waals surface area contributed by atoms with Crippen LogP contribution in [0.2, 0.25) is 0 Å². The highest BCUT2D eigenvalue weighted by atomic mass is 16.5. The van der Waals surface area contributed by atoms with E-state index in [4.69, 9.17) is 9.15 Å². The van der Waals surface area contributed by atoms with Gasteiger partial charge in [-0.25, -0.2) is 9.78 Å². The number of hydrogen-bond acceptors (Lipinski definition) is 5. The van der Waals surface area contributed by atoms with Crippen LogP contribution in [0.5, 0.6) is 0 Å². The van der Waals surface area contributed by atoms with Gasteiger partial charge in [0, 0.05) is 12.6 Å². The third-order valence-corrected chi connectivity index (χ3v) is 2.65. The Morgan fingerprint density at radius 3 is 2.83 bits per heavy atom. The summed E-state index contributed by atoms with van der Waals surface area (Å²) in [5.41, 5.74) is 1.50. The monoisotopic (exact) mass is 248 g/mol. The first-order chi connectivity index (χ1) is 8.42. The summed E-state index contributed by atoms with van der Waals surface area (Å²) in [6.45, 7) is 5.32. The molecule has 1 N–H and O–H groups in total. The molecule has 0 saturated heterocycles. The number of anilines is 1. The first-order valence-electron chi connectivity index (χ1n) is 5.66. The molecule has 0 fully saturated rings. The number of hydrogen-bond donors (Lipinski definition) is 1. The van der Waals surface area contributed by atoms with Gasteiger partial charge >= 0.3 is 5.97 Å². The zero-order chi connectivity index (χ0) is 13.3. The number of aromatic nitrogens is 1. The van der Waals surface area contributed by atoms with E-state index < -0.39 is 5.54 Å². The normalized spacial score (nSPS) is 11.6.